The van der Waals surface area contributed by atoms with E-state index in [1.807, 2.05) is 20.8 Å². The lowest BCUT2D eigenvalue weighted by Crippen LogP contribution is -2.43. The van der Waals surface area contributed by atoms with Gasteiger partial charge < -0.3 is 15.3 Å². The summed E-state index contributed by atoms with van der Waals surface area (Å²) in [5, 5.41) is 12.8. The first-order valence-corrected chi connectivity index (χ1v) is 7.43. The second-order valence-corrected chi connectivity index (χ2v) is 7.18. The molecule has 1 aliphatic rings. The van der Waals surface area contributed by atoms with Crippen molar-refractivity contribution < 1.29 is 9.90 Å². The van der Waals surface area contributed by atoms with Gasteiger partial charge in [0, 0.05) is 19.5 Å². The molecule has 0 aromatic rings. The van der Waals surface area contributed by atoms with Gasteiger partial charge in [-0.25, -0.2) is 0 Å². The van der Waals surface area contributed by atoms with Gasteiger partial charge in [0.2, 0.25) is 5.91 Å². The number of carbonyl (C=O) groups excluding carboxylic acids is 1. The number of β-amino-alcohol motifs (C(OH)–C–C–N with tert-alkyl or cyclic N) is 1. The molecule has 0 aliphatic carbocycles. The molecule has 2 N–H and O–H groups in total. The highest BCUT2D eigenvalue weighted by Crippen LogP contribution is 2.18. The van der Waals surface area contributed by atoms with Gasteiger partial charge >= 0.3 is 0 Å². The minimum absolute atomic E-state index is 0.00194. The van der Waals surface area contributed by atoms with Crippen molar-refractivity contribution in [3.8, 4) is 0 Å². The Bertz CT molecular complexity index is 278. The number of nitrogens with zero attached hydrogens (tertiary/aromatic N) is 1. The highest BCUT2D eigenvalue weighted by molar-refractivity contribution is 5.76. The van der Waals surface area contributed by atoms with Crippen LogP contribution >= 0.6 is 0 Å². The number of hydrogen-bond donors (Lipinski definition) is 2. The number of rotatable bonds is 5. The number of amides is 1. The molecule has 0 saturated carbocycles. The fraction of sp³-hybridized carbons (Fsp3) is 0.933. The van der Waals surface area contributed by atoms with Gasteiger partial charge in [0.25, 0.3) is 0 Å². The molecule has 4 nitrogen and oxygen atoms in total. The van der Waals surface area contributed by atoms with Crippen molar-refractivity contribution in [1.29, 1.82) is 0 Å². The van der Waals surface area contributed by atoms with Gasteiger partial charge in [-0.15, -0.1) is 0 Å². The van der Waals surface area contributed by atoms with Crippen LogP contribution in [0.3, 0.4) is 0 Å². The molecule has 0 aromatic carbocycles. The van der Waals surface area contributed by atoms with E-state index in [-0.39, 0.29) is 11.3 Å². The minimum atomic E-state index is -0.461. The number of aliphatic hydroxyl groups is 1. The fourth-order valence-electron chi connectivity index (χ4n) is 2.38. The third kappa shape index (κ3) is 7.53. The second-order valence-electron chi connectivity index (χ2n) is 7.18. The zero-order chi connectivity index (χ0) is 14.5. The molecule has 1 heterocycles. The van der Waals surface area contributed by atoms with Crippen LogP contribution in [0.4, 0.5) is 0 Å². The number of nitrogens with one attached hydrogen (secondary N) is 1. The van der Waals surface area contributed by atoms with Gasteiger partial charge in [-0.2, -0.15) is 0 Å². The predicted molar refractivity (Wildman–Crippen MR) is 77.9 cm³/mol. The average molecular weight is 270 g/mol. The van der Waals surface area contributed by atoms with E-state index in [0.717, 1.165) is 19.0 Å². The first-order chi connectivity index (χ1) is 8.76. The number of likely N-dealkylation sites (tertiary alicyclic amines) is 1. The van der Waals surface area contributed by atoms with Crippen LogP contribution < -0.4 is 5.32 Å². The first kappa shape index (κ1) is 16.4. The molecular weight excluding hydrogens is 240 g/mol. The van der Waals surface area contributed by atoms with Crippen molar-refractivity contribution in [1.82, 2.24) is 10.2 Å². The molecule has 4 heteroatoms. The van der Waals surface area contributed by atoms with Crippen LogP contribution in [0.25, 0.3) is 0 Å². The van der Waals surface area contributed by atoms with Gasteiger partial charge in [-0.05, 0) is 37.3 Å². The standard InChI is InChI=1S/C15H30N2O2/c1-12-5-7-17(8-6-12)11-13(18)10-16-14(19)9-15(2,3)4/h12-13,18H,5-11H2,1-4H3,(H,16,19). The highest BCUT2D eigenvalue weighted by Gasteiger charge is 2.20. The summed E-state index contributed by atoms with van der Waals surface area (Å²) in [6.45, 7) is 11.6. The Kier molecular flexibility index (Phi) is 6.27. The fourth-order valence-corrected chi connectivity index (χ4v) is 2.38. The molecular formula is C15H30N2O2. The zero-order valence-corrected chi connectivity index (χ0v) is 12.9. The molecule has 1 fully saturated rings. The monoisotopic (exact) mass is 270 g/mol. The maximum absolute atomic E-state index is 11.7. The quantitative estimate of drug-likeness (QED) is 0.798. The normalized spacial score (nSPS) is 20.3. The molecule has 1 aliphatic heterocycles. The highest BCUT2D eigenvalue weighted by atomic mass is 16.3. The van der Waals surface area contributed by atoms with E-state index < -0.39 is 6.10 Å². The third-order valence-corrected chi connectivity index (χ3v) is 3.57. The summed E-state index contributed by atoms with van der Waals surface area (Å²) in [7, 11) is 0. The molecule has 0 bridgehead atoms. The Labute approximate surface area is 117 Å². The van der Waals surface area contributed by atoms with E-state index in [2.05, 4.69) is 17.1 Å². The average Bonchev–Trinajstić information content (AvgIpc) is 2.27. The molecule has 1 atom stereocenters. The van der Waals surface area contributed by atoms with Crippen molar-refractivity contribution in [3.05, 3.63) is 0 Å². The molecule has 19 heavy (non-hydrogen) atoms. The predicted octanol–water partition coefficient (Wildman–Crippen LogP) is 1.63. The van der Waals surface area contributed by atoms with Crippen molar-refractivity contribution >= 4 is 5.91 Å². The molecule has 1 rings (SSSR count). The number of hydrogen-bond acceptors (Lipinski definition) is 3. The van der Waals surface area contributed by atoms with E-state index in [1.165, 1.54) is 12.8 Å². The van der Waals surface area contributed by atoms with E-state index in [4.69, 9.17) is 0 Å². The van der Waals surface area contributed by atoms with Gasteiger partial charge in [-0.1, -0.05) is 27.7 Å². The second kappa shape index (κ2) is 7.25. The smallest absolute Gasteiger partial charge is 0.220 e. The Morgan fingerprint density at radius 3 is 2.47 bits per heavy atom. The largest absolute Gasteiger partial charge is 0.390 e. The number of aliphatic hydroxyl groups excluding tert-OH is 1. The van der Waals surface area contributed by atoms with Crippen LogP contribution in [0.1, 0.15) is 47.0 Å². The number of piperidine rings is 1. The SMILES string of the molecule is CC1CCN(CC(O)CNC(=O)CC(C)(C)C)CC1. The van der Waals surface area contributed by atoms with Crippen LogP contribution in [0.2, 0.25) is 0 Å². The van der Waals surface area contributed by atoms with Crippen LogP contribution in [-0.2, 0) is 4.79 Å². The Balaban J connectivity index is 2.17. The van der Waals surface area contributed by atoms with E-state index >= 15 is 0 Å². The van der Waals surface area contributed by atoms with Crippen LogP contribution in [0.15, 0.2) is 0 Å². The number of carbonyl (C=O) groups is 1. The van der Waals surface area contributed by atoms with Crippen LogP contribution in [0, 0.1) is 11.3 Å². The van der Waals surface area contributed by atoms with Crippen LogP contribution in [-0.4, -0.2) is 48.2 Å². The lowest BCUT2D eigenvalue weighted by molar-refractivity contribution is -0.123. The van der Waals surface area contributed by atoms with E-state index in [0.29, 0.717) is 19.5 Å². The minimum Gasteiger partial charge on any atom is -0.390 e. The van der Waals surface area contributed by atoms with E-state index in [1.54, 1.807) is 0 Å². The zero-order valence-electron chi connectivity index (χ0n) is 12.9. The van der Waals surface area contributed by atoms with E-state index in [9.17, 15) is 9.90 Å². The lowest BCUT2D eigenvalue weighted by atomic mass is 9.92. The van der Waals surface area contributed by atoms with Crippen molar-refractivity contribution in [2.24, 2.45) is 11.3 Å². The lowest BCUT2D eigenvalue weighted by Gasteiger charge is -2.31. The molecule has 1 saturated heterocycles. The summed E-state index contributed by atoms with van der Waals surface area (Å²) in [6, 6.07) is 0. The summed E-state index contributed by atoms with van der Waals surface area (Å²) in [5.74, 6) is 0.832. The molecule has 1 unspecified atom stereocenters. The third-order valence-electron chi connectivity index (χ3n) is 3.57. The van der Waals surface area contributed by atoms with Gasteiger partial charge in [0.05, 0.1) is 6.10 Å². The summed E-state index contributed by atoms with van der Waals surface area (Å²) in [4.78, 5) is 14.0. The molecule has 1 amide bonds. The summed E-state index contributed by atoms with van der Waals surface area (Å²) < 4.78 is 0. The molecule has 0 radical (unpaired) electrons. The maximum Gasteiger partial charge on any atom is 0.220 e. The Morgan fingerprint density at radius 1 is 1.37 bits per heavy atom. The van der Waals surface area contributed by atoms with Gasteiger partial charge in [0.1, 0.15) is 0 Å². The first-order valence-electron chi connectivity index (χ1n) is 7.43. The van der Waals surface area contributed by atoms with Gasteiger partial charge in [0.15, 0.2) is 0 Å². The van der Waals surface area contributed by atoms with Crippen molar-refractivity contribution in [2.75, 3.05) is 26.2 Å². The topological polar surface area (TPSA) is 52.6 Å². The van der Waals surface area contributed by atoms with Crippen LogP contribution in [0.5, 0.6) is 0 Å². The Hall–Kier alpha value is -0.610. The summed E-state index contributed by atoms with van der Waals surface area (Å²) >= 11 is 0. The van der Waals surface area contributed by atoms with Crippen molar-refractivity contribution in [2.45, 2.75) is 53.1 Å². The summed E-state index contributed by atoms with van der Waals surface area (Å²) in [6.07, 6.45) is 2.46. The van der Waals surface area contributed by atoms with Crippen molar-refractivity contribution in [3.63, 3.8) is 0 Å². The van der Waals surface area contributed by atoms with Gasteiger partial charge in [-0.3, -0.25) is 4.79 Å². The Morgan fingerprint density at radius 2 is 1.95 bits per heavy atom. The molecule has 0 spiro atoms. The molecule has 112 valence electrons. The molecule has 0 aromatic heterocycles. The maximum atomic E-state index is 11.7. The summed E-state index contributed by atoms with van der Waals surface area (Å²) in [5.41, 5.74) is -0.00194.